The van der Waals surface area contributed by atoms with Crippen LogP contribution in [0.1, 0.15) is 40.0 Å². The fraction of sp³-hybridized carbons (Fsp3) is 0.667. The molecule has 26 heavy (non-hydrogen) atoms. The van der Waals surface area contributed by atoms with Gasteiger partial charge in [0, 0.05) is 51.6 Å². The average Bonchev–Trinajstić information content (AvgIpc) is 2.98. The van der Waals surface area contributed by atoms with Crippen molar-refractivity contribution in [2.24, 2.45) is 5.41 Å². The third-order valence-electron chi connectivity index (χ3n) is 5.63. The van der Waals surface area contributed by atoms with Crippen LogP contribution in [0.3, 0.4) is 0 Å². The molecule has 2 aliphatic heterocycles. The molecule has 1 spiro atoms. The van der Waals surface area contributed by atoms with Gasteiger partial charge < -0.3 is 19.4 Å². The van der Waals surface area contributed by atoms with Crippen molar-refractivity contribution in [3.8, 4) is 0 Å². The molecule has 2 heterocycles. The Labute approximate surface area is 157 Å². The van der Waals surface area contributed by atoms with Crippen molar-refractivity contribution in [2.45, 2.75) is 45.6 Å². The van der Waals surface area contributed by atoms with E-state index in [0.29, 0.717) is 5.41 Å². The van der Waals surface area contributed by atoms with Gasteiger partial charge in [0.1, 0.15) is 5.60 Å². The molecule has 0 atom stereocenters. The van der Waals surface area contributed by atoms with Crippen molar-refractivity contribution >= 4 is 17.5 Å². The molecule has 3 rings (SSSR count). The predicted octanol–water partition coefficient (Wildman–Crippen LogP) is 3.98. The molecule has 1 amide bonds. The molecule has 2 aliphatic rings. The van der Waals surface area contributed by atoms with E-state index in [0.717, 1.165) is 39.0 Å². The van der Waals surface area contributed by atoms with E-state index in [1.165, 1.54) is 17.8 Å². The minimum atomic E-state index is -0.423. The lowest BCUT2D eigenvalue weighted by Gasteiger charge is -2.39. The molecule has 0 saturated carbocycles. The lowest BCUT2D eigenvalue weighted by molar-refractivity contribution is 0.0122. The molecule has 0 aliphatic carbocycles. The van der Waals surface area contributed by atoms with Crippen LogP contribution in [0.5, 0.6) is 0 Å². The Hall–Kier alpha value is -1.91. The van der Waals surface area contributed by atoms with E-state index in [1.54, 1.807) is 0 Å². The van der Waals surface area contributed by atoms with Crippen molar-refractivity contribution in [1.82, 2.24) is 4.90 Å². The summed E-state index contributed by atoms with van der Waals surface area (Å²) in [5.74, 6) is 0. The highest BCUT2D eigenvalue weighted by Crippen LogP contribution is 2.42. The van der Waals surface area contributed by atoms with Gasteiger partial charge >= 0.3 is 6.09 Å². The zero-order chi connectivity index (χ0) is 18.9. The fourth-order valence-electron chi connectivity index (χ4n) is 4.02. The number of hydrogen-bond donors (Lipinski definition) is 0. The summed E-state index contributed by atoms with van der Waals surface area (Å²) in [6.07, 6.45) is 3.18. The van der Waals surface area contributed by atoms with Crippen molar-refractivity contribution < 1.29 is 9.53 Å². The fourth-order valence-corrected chi connectivity index (χ4v) is 4.02. The molecule has 2 fully saturated rings. The lowest BCUT2D eigenvalue weighted by Crippen LogP contribution is -2.46. The predicted molar refractivity (Wildman–Crippen MR) is 107 cm³/mol. The number of anilines is 2. The van der Waals surface area contributed by atoms with Crippen LogP contribution in [0.15, 0.2) is 24.3 Å². The van der Waals surface area contributed by atoms with Crippen molar-refractivity contribution in [2.75, 3.05) is 50.1 Å². The van der Waals surface area contributed by atoms with Gasteiger partial charge in [0.05, 0.1) is 0 Å². The number of carbonyl (C=O) groups excluding carboxylic acids is 1. The van der Waals surface area contributed by atoms with Crippen molar-refractivity contribution in [3.63, 3.8) is 0 Å². The maximum absolute atomic E-state index is 12.3. The number of likely N-dealkylation sites (tertiary alicyclic amines) is 1. The van der Waals surface area contributed by atoms with Gasteiger partial charge in [-0.05, 0) is 63.6 Å². The molecule has 0 radical (unpaired) electrons. The van der Waals surface area contributed by atoms with Gasteiger partial charge in [-0.1, -0.05) is 6.07 Å². The second-order valence-electron chi connectivity index (χ2n) is 9.05. The van der Waals surface area contributed by atoms with Crippen LogP contribution in [-0.4, -0.2) is 56.9 Å². The first-order chi connectivity index (χ1) is 12.2. The normalized spacial score (nSPS) is 19.7. The summed E-state index contributed by atoms with van der Waals surface area (Å²) in [5, 5.41) is 0. The number of piperidine rings is 1. The van der Waals surface area contributed by atoms with Gasteiger partial charge in [0.15, 0.2) is 0 Å². The second-order valence-corrected chi connectivity index (χ2v) is 9.05. The molecule has 2 saturated heterocycles. The van der Waals surface area contributed by atoms with E-state index in [4.69, 9.17) is 4.74 Å². The molecule has 0 bridgehead atoms. The maximum Gasteiger partial charge on any atom is 0.410 e. The van der Waals surface area contributed by atoms with E-state index in [-0.39, 0.29) is 6.09 Å². The standard InChI is InChI=1S/C21H33N3O2/c1-20(2,3)26-19(25)23-12-9-21(10-13-23)11-14-24(16-21)18-8-6-7-17(15-18)22(4)5/h6-8,15H,9-14,16H2,1-5H3. The molecule has 1 aromatic rings. The van der Waals surface area contributed by atoms with Gasteiger partial charge in [-0.3, -0.25) is 0 Å². The van der Waals surface area contributed by atoms with Crippen molar-refractivity contribution in [1.29, 1.82) is 0 Å². The Morgan fingerprint density at radius 3 is 2.38 bits per heavy atom. The summed E-state index contributed by atoms with van der Waals surface area (Å²) in [5.41, 5.74) is 2.46. The topological polar surface area (TPSA) is 36.0 Å². The highest BCUT2D eigenvalue weighted by atomic mass is 16.6. The van der Waals surface area contributed by atoms with Gasteiger partial charge in [-0.25, -0.2) is 4.79 Å². The Kier molecular flexibility index (Phi) is 5.09. The van der Waals surface area contributed by atoms with Crippen LogP contribution in [0.25, 0.3) is 0 Å². The van der Waals surface area contributed by atoms with E-state index in [1.807, 2.05) is 25.7 Å². The van der Waals surface area contributed by atoms with E-state index < -0.39 is 5.60 Å². The summed E-state index contributed by atoms with van der Waals surface area (Å²) >= 11 is 0. The summed E-state index contributed by atoms with van der Waals surface area (Å²) in [6.45, 7) is 9.57. The average molecular weight is 360 g/mol. The Bertz CT molecular complexity index is 643. The smallest absolute Gasteiger partial charge is 0.410 e. The molecule has 1 aromatic carbocycles. The van der Waals surface area contributed by atoms with Crippen LogP contribution in [0.4, 0.5) is 16.2 Å². The number of hydrogen-bond acceptors (Lipinski definition) is 4. The lowest BCUT2D eigenvalue weighted by atomic mass is 9.78. The first-order valence-corrected chi connectivity index (χ1v) is 9.68. The zero-order valence-electron chi connectivity index (χ0n) is 16.9. The molecular weight excluding hydrogens is 326 g/mol. The molecule has 0 unspecified atom stereocenters. The zero-order valence-corrected chi connectivity index (χ0v) is 16.9. The summed E-state index contributed by atoms with van der Waals surface area (Å²) in [6, 6.07) is 8.77. The van der Waals surface area contributed by atoms with E-state index in [2.05, 4.69) is 48.2 Å². The number of amides is 1. The Morgan fingerprint density at radius 1 is 1.12 bits per heavy atom. The SMILES string of the molecule is CN(C)c1cccc(N2CCC3(CCN(C(=O)OC(C)(C)C)CC3)C2)c1. The van der Waals surface area contributed by atoms with Gasteiger partial charge in [0.25, 0.3) is 0 Å². The van der Waals surface area contributed by atoms with Gasteiger partial charge in [0.2, 0.25) is 0 Å². The van der Waals surface area contributed by atoms with Crippen LogP contribution >= 0.6 is 0 Å². The minimum Gasteiger partial charge on any atom is -0.444 e. The summed E-state index contributed by atoms with van der Waals surface area (Å²) in [4.78, 5) is 18.8. The van der Waals surface area contributed by atoms with Gasteiger partial charge in [-0.15, -0.1) is 0 Å². The molecule has 0 aromatic heterocycles. The first-order valence-electron chi connectivity index (χ1n) is 9.68. The highest BCUT2D eigenvalue weighted by Gasteiger charge is 2.42. The van der Waals surface area contributed by atoms with Crippen LogP contribution in [0.2, 0.25) is 0 Å². The third-order valence-corrected chi connectivity index (χ3v) is 5.63. The van der Waals surface area contributed by atoms with Crippen molar-refractivity contribution in [3.05, 3.63) is 24.3 Å². The molecular formula is C21H33N3O2. The van der Waals surface area contributed by atoms with E-state index in [9.17, 15) is 4.79 Å². The van der Waals surface area contributed by atoms with Crippen LogP contribution in [-0.2, 0) is 4.74 Å². The molecule has 0 N–H and O–H groups in total. The third kappa shape index (κ3) is 4.25. The Morgan fingerprint density at radius 2 is 1.77 bits per heavy atom. The highest BCUT2D eigenvalue weighted by molar-refractivity contribution is 5.68. The maximum atomic E-state index is 12.3. The number of carbonyl (C=O) groups is 1. The number of ether oxygens (including phenoxy) is 1. The molecule has 144 valence electrons. The monoisotopic (exact) mass is 359 g/mol. The molecule has 5 nitrogen and oxygen atoms in total. The summed E-state index contributed by atoms with van der Waals surface area (Å²) < 4.78 is 5.53. The first kappa shape index (κ1) is 18.9. The largest absolute Gasteiger partial charge is 0.444 e. The number of rotatable bonds is 2. The quantitative estimate of drug-likeness (QED) is 0.800. The minimum absolute atomic E-state index is 0.166. The summed E-state index contributed by atoms with van der Waals surface area (Å²) in [7, 11) is 4.16. The number of benzene rings is 1. The Balaban J connectivity index is 1.59. The van der Waals surface area contributed by atoms with Crippen LogP contribution in [0, 0.1) is 5.41 Å². The van der Waals surface area contributed by atoms with Crippen LogP contribution < -0.4 is 9.80 Å². The van der Waals surface area contributed by atoms with E-state index >= 15 is 0 Å². The van der Waals surface area contributed by atoms with Gasteiger partial charge in [-0.2, -0.15) is 0 Å². The molecule has 5 heteroatoms. The second kappa shape index (κ2) is 7.01. The number of nitrogens with zero attached hydrogens (tertiary/aromatic N) is 3.